The molecule has 0 fully saturated rings. The molecule has 2 N–H and O–H groups in total. The summed E-state index contributed by atoms with van der Waals surface area (Å²) in [5, 5.41) is 0. The molecule has 1 aromatic rings. The van der Waals surface area contributed by atoms with Crippen LogP contribution in [-0.2, 0) is 6.18 Å². The van der Waals surface area contributed by atoms with Gasteiger partial charge in [0, 0.05) is 6.54 Å². The number of hydrogen-bond donors (Lipinski definition) is 1. The van der Waals surface area contributed by atoms with Gasteiger partial charge in [0.1, 0.15) is 5.82 Å². The molecule has 0 heterocycles. The fourth-order valence-electron chi connectivity index (χ4n) is 1.07. The van der Waals surface area contributed by atoms with E-state index in [0.717, 1.165) is 6.07 Å². The topological polar surface area (TPSA) is 26.0 Å². The van der Waals surface area contributed by atoms with Crippen LogP contribution in [0.2, 0.25) is 0 Å². The first-order valence-corrected chi connectivity index (χ1v) is 4.18. The molecule has 0 bridgehead atoms. The molecule has 1 rings (SSSR count). The number of hydrogen-bond acceptors (Lipinski definition) is 1. The minimum absolute atomic E-state index is 0.253. The van der Waals surface area contributed by atoms with Gasteiger partial charge in [-0.2, -0.15) is 13.2 Å². The monoisotopic (exact) mass is 219 g/mol. The molecule has 0 saturated carbocycles. The Morgan fingerprint density at radius 1 is 1.27 bits per heavy atom. The van der Waals surface area contributed by atoms with Crippen LogP contribution in [0.5, 0.6) is 0 Å². The lowest BCUT2D eigenvalue weighted by molar-refractivity contribution is -0.140. The Balaban J connectivity index is 3.04. The van der Waals surface area contributed by atoms with E-state index in [-0.39, 0.29) is 6.54 Å². The van der Waals surface area contributed by atoms with Crippen molar-refractivity contribution in [3.63, 3.8) is 0 Å². The average molecular weight is 219 g/mol. The third-order valence-electron chi connectivity index (χ3n) is 1.74. The van der Waals surface area contributed by atoms with Gasteiger partial charge in [-0.25, -0.2) is 4.39 Å². The van der Waals surface area contributed by atoms with E-state index in [1.54, 1.807) is 0 Å². The summed E-state index contributed by atoms with van der Waals surface area (Å²) in [6.45, 7) is 0.253. The van der Waals surface area contributed by atoms with E-state index in [2.05, 4.69) is 0 Å². The number of halogens is 4. The first kappa shape index (κ1) is 11.7. The average Bonchev–Trinajstić information content (AvgIpc) is 2.12. The summed E-state index contributed by atoms with van der Waals surface area (Å²) in [7, 11) is 0. The van der Waals surface area contributed by atoms with Crippen molar-refractivity contribution < 1.29 is 17.6 Å². The summed E-state index contributed by atoms with van der Waals surface area (Å²) < 4.78 is 49.5. The van der Waals surface area contributed by atoms with Crippen LogP contribution >= 0.6 is 0 Å². The summed E-state index contributed by atoms with van der Waals surface area (Å²) >= 11 is 0. The van der Waals surface area contributed by atoms with Crippen molar-refractivity contribution in [3.8, 4) is 0 Å². The van der Waals surface area contributed by atoms with Gasteiger partial charge in [-0.3, -0.25) is 0 Å². The molecule has 5 heteroatoms. The fraction of sp³-hybridized carbons (Fsp3) is 0.200. The highest BCUT2D eigenvalue weighted by molar-refractivity contribution is 5.50. The van der Waals surface area contributed by atoms with Crippen molar-refractivity contribution >= 4 is 6.08 Å². The van der Waals surface area contributed by atoms with E-state index < -0.39 is 17.6 Å². The predicted molar refractivity (Wildman–Crippen MR) is 49.5 cm³/mol. The van der Waals surface area contributed by atoms with Crippen molar-refractivity contribution in [1.82, 2.24) is 0 Å². The van der Waals surface area contributed by atoms with Gasteiger partial charge in [0.2, 0.25) is 0 Å². The Bertz CT molecular complexity index is 368. The van der Waals surface area contributed by atoms with Crippen LogP contribution in [0.3, 0.4) is 0 Å². The molecule has 0 aromatic heterocycles. The molecule has 0 unspecified atom stereocenters. The summed E-state index contributed by atoms with van der Waals surface area (Å²) in [4.78, 5) is 0. The molecular formula is C10H9F4N. The van der Waals surface area contributed by atoms with Crippen molar-refractivity contribution in [2.24, 2.45) is 5.73 Å². The zero-order valence-corrected chi connectivity index (χ0v) is 7.68. The maximum absolute atomic E-state index is 13.0. The van der Waals surface area contributed by atoms with Crippen molar-refractivity contribution in [2.45, 2.75) is 6.18 Å². The summed E-state index contributed by atoms with van der Waals surface area (Å²) in [5.74, 6) is -1.28. The van der Waals surface area contributed by atoms with Crippen molar-refractivity contribution in [1.29, 1.82) is 0 Å². The highest BCUT2D eigenvalue weighted by Crippen LogP contribution is 2.31. The Labute approximate surface area is 84.2 Å². The smallest absolute Gasteiger partial charge is 0.327 e. The second-order valence-electron chi connectivity index (χ2n) is 2.88. The largest absolute Gasteiger partial charge is 0.419 e. The molecule has 0 amide bonds. The summed E-state index contributed by atoms with van der Waals surface area (Å²) in [6.07, 6.45) is -1.66. The van der Waals surface area contributed by atoms with Gasteiger partial charge in [-0.1, -0.05) is 18.2 Å². The zero-order chi connectivity index (χ0) is 11.5. The normalized spacial score (nSPS) is 12.3. The number of nitrogens with two attached hydrogens (primary N) is 1. The Morgan fingerprint density at radius 2 is 1.93 bits per heavy atom. The van der Waals surface area contributed by atoms with E-state index in [1.165, 1.54) is 18.2 Å². The van der Waals surface area contributed by atoms with Crippen LogP contribution in [-0.4, -0.2) is 6.54 Å². The molecule has 1 aromatic carbocycles. The van der Waals surface area contributed by atoms with E-state index in [9.17, 15) is 17.6 Å². The first-order valence-electron chi connectivity index (χ1n) is 4.18. The van der Waals surface area contributed by atoms with E-state index in [4.69, 9.17) is 5.73 Å². The Hall–Kier alpha value is -1.36. The summed E-state index contributed by atoms with van der Waals surface area (Å²) in [6, 6.07) is 2.73. The van der Waals surface area contributed by atoms with Crippen LogP contribution in [0.4, 0.5) is 17.6 Å². The number of rotatable bonds is 2. The van der Waals surface area contributed by atoms with Gasteiger partial charge in [-0.15, -0.1) is 0 Å². The molecular weight excluding hydrogens is 210 g/mol. The quantitative estimate of drug-likeness (QED) is 0.760. The van der Waals surface area contributed by atoms with Crippen molar-refractivity contribution in [2.75, 3.05) is 6.54 Å². The van der Waals surface area contributed by atoms with Crippen molar-refractivity contribution in [3.05, 3.63) is 41.2 Å². The standard InChI is InChI=1S/C10H9F4N/c11-9-6-7(2-1-5-15)3-4-8(9)10(12,13)14/h1-4,6H,5,15H2. The Morgan fingerprint density at radius 3 is 2.40 bits per heavy atom. The van der Waals surface area contributed by atoms with Crippen LogP contribution in [0, 0.1) is 5.82 Å². The Kier molecular flexibility index (Phi) is 3.47. The van der Waals surface area contributed by atoms with Crippen LogP contribution in [0.15, 0.2) is 24.3 Å². The maximum atomic E-state index is 13.0. The molecule has 0 saturated heterocycles. The minimum Gasteiger partial charge on any atom is -0.327 e. The lowest BCUT2D eigenvalue weighted by Crippen LogP contribution is -2.07. The summed E-state index contributed by atoms with van der Waals surface area (Å²) in [5.41, 5.74) is 4.25. The molecule has 0 atom stereocenters. The molecule has 1 nitrogen and oxygen atoms in total. The van der Waals surface area contributed by atoms with Gasteiger partial charge in [0.25, 0.3) is 0 Å². The highest BCUT2D eigenvalue weighted by Gasteiger charge is 2.33. The molecule has 0 aliphatic heterocycles. The highest BCUT2D eigenvalue weighted by atomic mass is 19.4. The van der Waals surface area contributed by atoms with Crippen LogP contribution in [0.25, 0.3) is 6.08 Å². The second-order valence-corrected chi connectivity index (χ2v) is 2.88. The molecule has 15 heavy (non-hydrogen) atoms. The lowest BCUT2D eigenvalue weighted by Gasteiger charge is -2.07. The van der Waals surface area contributed by atoms with E-state index in [0.29, 0.717) is 11.6 Å². The van der Waals surface area contributed by atoms with Crippen LogP contribution in [0.1, 0.15) is 11.1 Å². The molecule has 0 radical (unpaired) electrons. The third-order valence-corrected chi connectivity index (χ3v) is 1.74. The van der Waals surface area contributed by atoms with Gasteiger partial charge in [0.05, 0.1) is 5.56 Å². The lowest BCUT2D eigenvalue weighted by atomic mass is 10.1. The molecule has 0 aliphatic carbocycles. The fourth-order valence-corrected chi connectivity index (χ4v) is 1.07. The predicted octanol–water partition coefficient (Wildman–Crippen LogP) is 2.82. The first-order chi connectivity index (χ1) is 6.95. The SMILES string of the molecule is NCC=Cc1ccc(C(F)(F)F)c(F)c1. The van der Waals surface area contributed by atoms with E-state index >= 15 is 0 Å². The maximum Gasteiger partial charge on any atom is 0.419 e. The van der Waals surface area contributed by atoms with Gasteiger partial charge in [0.15, 0.2) is 0 Å². The zero-order valence-electron chi connectivity index (χ0n) is 7.68. The minimum atomic E-state index is -4.65. The van der Waals surface area contributed by atoms with Gasteiger partial charge < -0.3 is 5.73 Å². The molecule has 0 aliphatic rings. The number of alkyl halides is 3. The second kappa shape index (κ2) is 4.44. The third kappa shape index (κ3) is 3.06. The number of benzene rings is 1. The van der Waals surface area contributed by atoms with Gasteiger partial charge >= 0.3 is 6.18 Å². The molecule has 0 spiro atoms. The molecule has 82 valence electrons. The van der Waals surface area contributed by atoms with Crippen LogP contribution < -0.4 is 5.73 Å². The van der Waals surface area contributed by atoms with E-state index in [1.807, 2.05) is 0 Å². The van der Waals surface area contributed by atoms with Gasteiger partial charge in [-0.05, 0) is 17.7 Å².